The van der Waals surface area contributed by atoms with Crippen LogP contribution in [0.5, 0.6) is 0 Å². The maximum Gasteiger partial charge on any atom is 0.201 e. The summed E-state index contributed by atoms with van der Waals surface area (Å²) in [7, 11) is 0. The number of hydrogen-bond acceptors (Lipinski definition) is 2. The van der Waals surface area contributed by atoms with E-state index < -0.39 is 0 Å². The van der Waals surface area contributed by atoms with Gasteiger partial charge in [-0.05, 0) is 65.9 Å². The molecule has 1 aromatic carbocycles. The van der Waals surface area contributed by atoms with E-state index in [0.717, 1.165) is 17.4 Å². The Morgan fingerprint density at radius 3 is 2.86 bits per heavy atom. The van der Waals surface area contributed by atoms with E-state index >= 15 is 0 Å². The Hall–Kier alpha value is -1.10. The van der Waals surface area contributed by atoms with E-state index in [1.54, 1.807) is 6.07 Å². The molecule has 4 unspecified atom stereocenters. The molecule has 2 aliphatic rings. The van der Waals surface area contributed by atoms with Crippen LogP contribution in [0.3, 0.4) is 0 Å². The third kappa shape index (κ3) is 2.00. The SMILES string of the molecule is CC(C1CC2CCC1C2)n1c(N)nc2cc(F)c(Br)cc21. The molecule has 0 spiro atoms. The zero-order valence-corrected chi connectivity index (χ0v) is 13.6. The Bertz CT molecular complexity index is 711. The number of fused-ring (bicyclic) bond motifs is 3. The topological polar surface area (TPSA) is 43.8 Å². The molecule has 2 saturated carbocycles. The van der Waals surface area contributed by atoms with Crippen LogP contribution in [0.25, 0.3) is 11.0 Å². The smallest absolute Gasteiger partial charge is 0.201 e. The summed E-state index contributed by atoms with van der Waals surface area (Å²) in [5.41, 5.74) is 7.70. The highest BCUT2D eigenvalue weighted by molar-refractivity contribution is 9.10. The number of imidazole rings is 1. The second kappa shape index (κ2) is 4.70. The first kappa shape index (κ1) is 13.6. The molecule has 3 nitrogen and oxygen atoms in total. The minimum absolute atomic E-state index is 0.292. The van der Waals surface area contributed by atoms with Crippen LogP contribution in [0.2, 0.25) is 0 Å². The third-order valence-electron chi connectivity index (χ3n) is 5.58. The Morgan fingerprint density at radius 1 is 1.38 bits per heavy atom. The van der Waals surface area contributed by atoms with E-state index in [9.17, 15) is 4.39 Å². The molecule has 1 aromatic heterocycles. The van der Waals surface area contributed by atoms with Crippen LogP contribution in [-0.4, -0.2) is 9.55 Å². The number of halogens is 2. The highest BCUT2D eigenvalue weighted by atomic mass is 79.9. The van der Waals surface area contributed by atoms with Crippen molar-refractivity contribution in [3.63, 3.8) is 0 Å². The van der Waals surface area contributed by atoms with Gasteiger partial charge < -0.3 is 10.3 Å². The highest BCUT2D eigenvalue weighted by Crippen LogP contribution is 2.52. The van der Waals surface area contributed by atoms with Crippen molar-refractivity contribution in [1.82, 2.24) is 9.55 Å². The molecule has 0 radical (unpaired) electrons. The van der Waals surface area contributed by atoms with E-state index in [0.29, 0.717) is 27.9 Å². The first-order valence-electron chi connectivity index (χ1n) is 7.67. The standard InChI is InChI=1S/C16H19BrFN3/c1-8(11-5-9-2-3-10(11)4-9)21-15-6-12(17)13(18)7-14(15)20-16(21)19/h6-11H,2-5H2,1H3,(H2,19,20). The molecule has 2 bridgehead atoms. The van der Waals surface area contributed by atoms with Gasteiger partial charge in [0.1, 0.15) is 5.82 Å². The second-order valence-corrected chi connectivity index (χ2v) is 7.53. The summed E-state index contributed by atoms with van der Waals surface area (Å²) in [6.45, 7) is 2.24. The lowest BCUT2D eigenvalue weighted by Gasteiger charge is -2.29. The fourth-order valence-electron chi connectivity index (χ4n) is 4.61. The summed E-state index contributed by atoms with van der Waals surface area (Å²) in [5.74, 6) is 2.61. The largest absolute Gasteiger partial charge is 0.369 e. The number of anilines is 1. The van der Waals surface area contributed by atoms with Crippen LogP contribution < -0.4 is 5.73 Å². The summed E-state index contributed by atoms with van der Waals surface area (Å²) < 4.78 is 16.2. The molecule has 112 valence electrons. The fourth-order valence-corrected chi connectivity index (χ4v) is 4.94. The van der Waals surface area contributed by atoms with Crippen molar-refractivity contribution in [3.05, 3.63) is 22.4 Å². The number of rotatable bonds is 2. The molecule has 21 heavy (non-hydrogen) atoms. The normalized spacial score (nSPS) is 29.4. The molecule has 2 N–H and O–H groups in total. The molecule has 2 fully saturated rings. The van der Waals surface area contributed by atoms with Crippen molar-refractivity contribution in [3.8, 4) is 0 Å². The summed E-state index contributed by atoms with van der Waals surface area (Å²) >= 11 is 3.27. The average molecular weight is 352 g/mol. The third-order valence-corrected chi connectivity index (χ3v) is 6.19. The maximum absolute atomic E-state index is 13.7. The van der Waals surface area contributed by atoms with Gasteiger partial charge in [-0.1, -0.05) is 6.42 Å². The predicted molar refractivity (Wildman–Crippen MR) is 85.5 cm³/mol. The summed E-state index contributed by atoms with van der Waals surface area (Å²) in [6, 6.07) is 3.58. The van der Waals surface area contributed by atoms with Gasteiger partial charge in [-0.25, -0.2) is 9.37 Å². The zero-order chi connectivity index (χ0) is 14.7. The molecule has 0 saturated heterocycles. The molecule has 2 aliphatic carbocycles. The predicted octanol–water partition coefficient (Wildman–Crippen LogP) is 4.52. The molecule has 0 amide bonds. The van der Waals surface area contributed by atoms with Crippen LogP contribution in [-0.2, 0) is 0 Å². The minimum atomic E-state index is -0.292. The quantitative estimate of drug-likeness (QED) is 0.864. The molecule has 1 heterocycles. The highest BCUT2D eigenvalue weighted by Gasteiger charge is 2.42. The fraction of sp³-hybridized carbons (Fsp3) is 0.562. The monoisotopic (exact) mass is 351 g/mol. The van der Waals surface area contributed by atoms with Crippen molar-refractivity contribution in [2.24, 2.45) is 17.8 Å². The van der Waals surface area contributed by atoms with Crippen LogP contribution in [0.15, 0.2) is 16.6 Å². The zero-order valence-electron chi connectivity index (χ0n) is 12.0. The van der Waals surface area contributed by atoms with E-state index in [2.05, 4.69) is 32.4 Å². The molecule has 4 rings (SSSR count). The van der Waals surface area contributed by atoms with Gasteiger partial charge in [0.15, 0.2) is 0 Å². The maximum atomic E-state index is 13.7. The van der Waals surface area contributed by atoms with Gasteiger partial charge in [0, 0.05) is 12.1 Å². The average Bonchev–Trinajstić information content (AvgIpc) is 3.12. The minimum Gasteiger partial charge on any atom is -0.369 e. The number of aromatic nitrogens is 2. The number of benzene rings is 1. The van der Waals surface area contributed by atoms with E-state index in [4.69, 9.17) is 5.73 Å². The lowest BCUT2D eigenvalue weighted by Crippen LogP contribution is -2.23. The number of hydrogen-bond donors (Lipinski definition) is 1. The van der Waals surface area contributed by atoms with Crippen LogP contribution >= 0.6 is 15.9 Å². The summed E-state index contributed by atoms with van der Waals surface area (Å²) in [4.78, 5) is 4.35. The van der Waals surface area contributed by atoms with Crippen molar-refractivity contribution in [1.29, 1.82) is 0 Å². The van der Waals surface area contributed by atoms with Crippen molar-refractivity contribution in [2.45, 2.75) is 38.6 Å². The molecule has 2 aromatic rings. The van der Waals surface area contributed by atoms with Crippen molar-refractivity contribution in [2.75, 3.05) is 5.73 Å². The van der Waals surface area contributed by atoms with Crippen LogP contribution in [0, 0.1) is 23.6 Å². The summed E-state index contributed by atoms with van der Waals surface area (Å²) in [6.07, 6.45) is 5.42. The van der Waals surface area contributed by atoms with Gasteiger partial charge in [-0.3, -0.25) is 0 Å². The lowest BCUT2D eigenvalue weighted by atomic mass is 9.84. The molecular weight excluding hydrogens is 333 g/mol. The Balaban J connectivity index is 1.78. The number of nitrogen functional groups attached to an aromatic ring is 1. The van der Waals surface area contributed by atoms with Gasteiger partial charge in [-0.15, -0.1) is 0 Å². The Morgan fingerprint density at radius 2 is 2.19 bits per heavy atom. The molecule has 0 aliphatic heterocycles. The summed E-state index contributed by atoms with van der Waals surface area (Å²) in [5, 5.41) is 0. The van der Waals surface area contributed by atoms with Gasteiger partial charge >= 0.3 is 0 Å². The van der Waals surface area contributed by atoms with E-state index in [1.807, 2.05) is 0 Å². The van der Waals surface area contributed by atoms with E-state index in [1.165, 1.54) is 31.7 Å². The Labute approximate surface area is 131 Å². The van der Waals surface area contributed by atoms with Gasteiger partial charge in [0.05, 0.1) is 15.5 Å². The molecule has 4 atom stereocenters. The molecular formula is C16H19BrFN3. The van der Waals surface area contributed by atoms with Gasteiger partial charge in [0.2, 0.25) is 5.95 Å². The van der Waals surface area contributed by atoms with Gasteiger partial charge in [0.25, 0.3) is 0 Å². The number of nitrogens with two attached hydrogens (primary N) is 1. The van der Waals surface area contributed by atoms with Gasteiger partial charge in [-0.2, -0.15) is 0 Å². The van der Waals surface area contributed by atoms with E-state index in [-0.39, 0.29) is 5.82 Å². The van der Waals surface area contributed by atoms with Crippen LogP contribution in [0.4, 0.5) is 10.3 Å². The molecule has 5 heteroatoms. The first-order valence-corrected chi connectivity index (χ1v) is 8.46. The Kier molecular flexibility index (Phi) is 3.03. The first-order chi connectivity index (χ1) is 10.0. The lowest BCUT2D eigenvalue weighted by molar-refractivity contribution is 0.248. The number of nitrogens with zero attached hydrogens (tertiary/aromatic N) is 2. The van der Waals surface area contributed by atoms with Crippen molar-refractivity contribution < 1.29 is 4.39 Å². The van der Waals surface area contributed by atoms with Crippen LogP contribution in [0.1, 0.15) is 38.6 Å². The van der Waals surface area contributed by atoms with Crippen molar-refractivity contribution >= 4 is 32.9 Å². The second-order valence-electron chi connectivity index (χ2n) is 6.67.